The van der Waals surface area contributed by atoms with Gasteiger partial charge in [-0.15, -0.1) is 0 Å². The van der Waals surface area contributed by atoms with Gasteiger partial charge in [-0.3, -0.25) is 14.7 Å². The molecule has 2 aromatic rings. The number of H-pyrrole nitrogens is 1. The molecule has 1 N–H and O–H groups in total. The molecule has 2 atom stereocenters. The maximum absolute atomic E-state index is 11.9. The van der Waals surface area contributed by atoms with Crippen LogP contribution in [0.2, 0.25) is 0 Å². The van der Waals surface area contributed by atoms with Crippen LogP contribution in [0, 0.1) is 11.3 Å². The van der Waals surface area contributed by atoms with E-state index in [1.54, 1.807) is 6.20 Å². The number of aromatic nitrogens is 3. The number of nitrogens with zero attached hydrogens (tertiary/aromatic N) is 5. The summed E-state index contributed by atoms with van der Waals surface area (Å²) < 4.78 is 0. The molecule has 2 aromatic heterocycles. The van der Waals surface area contributed by atoms with Crippen molar-refractivity contribution in [3.05, 3.63) is 51.7 Å². The van der Waals surface area contributed by atoms with Crippen molar-refractivity contribution in [3.63, 3.8) is 0 Å². The molecule has 0 radical (unpaired) electrons. The van der Waals surface area contributed by atoms with E-state index in [0.717, 1.165) is 31.7 Å². The summed E-state index contributed by atoms with van der Waals surface area (Å²) in [5.41, 5.74) is 2.73. The van der Waals surface area contributed by atoms with Crippen molar-refractivity contribution in [1.82, 2.24) is 20.1 Å². The van der Waals surface area contributed by atoms with Crippen LogP contribution in [0.25, 0.3) is 0 Å². The molecule has 0 unspecified atom stereocenters. The van der Waals surface area contributed by atoms with Gasteiger partial charge < -0.3 is 4.90 Å². The Morgan fingerprint density at radius 3 is 2.96 bits per heavy atom. The minimum absolute atomic E-state index is 0.133. The summed E-state index contributed by atoms with van der Waals surface area (Å²) in [5.74, 6) is 0. The first-order valence-electron chi connectivity index (χ1n) is 8.99. The third kappa shape index (κ3) is 3.33. The largest absolute Gasteiger partial charge is 0.364 e. The molecule has 1 aliphatic rings. The number of aromatic amines is 1. The number of hydrogen-bond acceptors (Lipinski definition) is 6. The van der Waals surface area contributed by atoms with Gasteiger partial charge in [0.2, 0.25) is 0 Å². The molecule has 3 heterocycles. The highest BCUT2D eigenvalue weighted by Crippen LogP contribution is 2.28. The molecule has 1 aliphatic heterocycles. The van der Waals surface area contributed by atoms with Crippen LogP contribution in [0.4, 0.5) is 5.69 Å². The maximum atomic E-state index is 11.9. The summed E-state index contributed by atoms with van der Waals surface area (Å²) in [5, 5.41) is 15.5. The second-order valence-corrected chi connectivity index (χ2v) is 6.68. The van der Waals surface area contributed by atoms with Gasteiger partial charge in [-0.05, 0) is 31.9 Å². The van der Waals surface area contributed by atoms with Crippen LogP contribution in [-0.4, -0.2) is 45.8 Å². The molecule has 1 saturated heterocycles. The second kappa shape index (κ2) is 7.67. The smallest absolute Gasteiger partial charge is 0.284 e. The Morgan fingerprint density at radius 1 is 1.46 bits per heavy atom. The van der Waals surface area contributed by atoms with Crippen LogP contribution in [0.3, 0.4) is 0 Å². The molecule has 0 aromatic carbocycles. The van der Waals surface area contributed by atoms with E-state index in [-0.39, 0.29) is 17.6 Å². The van der Waals surface area contributed by atoms with Crippen LogP contribution in [0.5, 0.6) is 0 Å². The summed E-state index contributed by atoms with van der Waals surface area (Å²) in [6.07, 6.45) is 4.34. The van der Waals surface area contributed by atoms with Crippen molar-refractivity contribution in [2.24, 2.45) is 0 Å². The standard InChI is InChI=1S/C19H24N6O/c1-4-17-15(6-5-7-21-17)14(3)24-8-9-25(13(2)12-24)18-11-22-23-19(26)16(18)10-20/h5-7,11,13-14H,4,8-9,12H2,1-3H3,(H,23,26)/t13-,14+/m1/s1. The third-order valence-electron chi connectivity index (χ3n) is 5.17. The number of aryl methyl sites for hydroxylation is 1. The molecule has 0 saturated carbocycles. The fraction of sp³-hybridized carbons (Fsp3) is 0.474. The van der Waals surface area contributed by atoms with Gasteiger partial charge >= 0.3 is 0 Å². The molecular formula is C19H24N6O. The van der Waals surface area contributed by atoms with Gasteiger partial charge in [0.15, 0.2) is 0 Å². The number of nitrogens with one attached hydrogen (secondary N) is 1. The van der Waals surface area contributed by atoms with Crippen molar-refractivity contribution in [3.8, 4) is 6.07 Å². The number of piperazine rings is 1. The average Bonchev–Trinajstić information content (AvgIpc) is 2.67. The molecular weight excluding hydrogens is 328 g/mol. The molecule has 0 aliphatic carbocycles. The van der Waals surface area contributed by atoms with Gasteiger partial charge in [-0.1, -0.05) is 13.0 Å². The summed E-state index contributed by atoms with van der Waals surface area (Å²) in [4.78, 5) is 20.9. The molecule has 0 spiro atoms. The highest BCUT2D eigenvalue weighted by Gasteiger charge is 2.30. The van der Waals surface area contributed by atoms with Gasteiger partial charge in [0, 0.05) is 43.6 Å². The Labute approximate surface area is 153 Å². The van der Waals surface area contributed by atoms with E-state index < -0.39 is 5.56 Å². The van der Waals surface area contributed by atoms with E-state index in [1.165, 1.54) is 5.56 Å². The van der Waals surface area contributed by atoms with E-state index in [9.17, 15) is 10.1 Å². The summed E-state index contributed by atoms with van der Waals surface area (Å²) in [6.45, 7) is 8.90. The lowest BCUT2D eigenvalue weighted by Crippen LogP contribution is -2.53. The lowest BCUT2D eigenvalue weighted by molar-refractivity contribution is 0.174. The fourth-order valence-electron chi connectivity index (χ4n) is 3.73. The first kappa shape index (κ1) is 18.1. The van der Waals surface area contributed by atoms with Crippen molar-refractivity contribution in [2.45, 2.75) is 39.3 Å². The number of pyridine rings is 1. The fourth-order valence-corrected chi connectivity index (χ4v) is 3.73. The van der Waals surface area contributed by atoms with Gasteiger partial charge in [-0.2, -0.15) is 10.4 Å². The molecule has 0 bridgehead atoms. The first-order chi connectivity index (χ1) is 12.6. The molecule has 7 nitrogen and oxygen atoms in total. The quantitative estimate of drug-likeness (QED) is 0.904. The summed E-state index contributed by atoms with van der Waals surface area (Å²) in [6, 6.07) is 6.60. The van der Waals surface area contributed by atoms with Gasteiger partial charge in [0.05, 0.1) is 11.9 Å². The summed E-state index contributed by atoms with van der Waals surface area (Å²) >= 11 is 0. The van der Waals surface area contributed by atoms with Crippen LogP contribution in [-0.2, 0) is 6.42 Å². The minimum Gasteiger partial charge on any atom is -0.364 e. The van der Waals surface area contributed by atoms with E-state index in [0.29, 0.717) is 5.69 Å². The van der Waals surface area contributed by atoms with Crippen molar-refractivity contribution >= 4 is 5.69 Å². The predicted octanol–water partition coefficient (Wildman–Crippen LogP) is 1.87. The molecule has 0 amide bonds. The van der Waals surface area contributed by atoms with Crippen LogP contribution >= 0.6 is 0 Å². The molecule has 1 fully saturated rings. The lowest BCUT2D eigenvalue weighted by Gasteiger charge is -2.43. The highest BCUT2D eigenvalue weighted by molar-refractivity contribution is 5.57. The molecule has 3 rings (SSSR count). The Hall–Kier alpha value is -2.72. The van der Waals surface area contributed by atoms with Gasteiger partial charge in [0.25, 0.3) is 5.56 Å². The number of rotatable bonds is 4. The van der Waals surface area contributed by atoms with E-state index in [2.05, 4.69) is 51.8 Å². The molecule has 136 valence electrons. The zero-order valence-corrected chi connectivity index (χ0v) is 15.4. The number of hydrogen-bond donors (Lipinski definition) is 1. The monoisotopic (exact) mass is 352 g/mol. The van der Waals surface area contributed by atoms with Crippen LogP contribution in [0.1, 0.15) is 43.6 Å². The van der Waals surface area contributed by atoms with Gasteiger partial charge in [0.1, 0.15) is 11.6 Å². The topological polar surface area (TPSA) is 88.9 Å². The Bertz CT molecular complexity index is 871. The molecule has 7 heteroatoms. The zero-order chi connectivity index (χ0) is 18.7. The van der Waals surface area contributed by atoms with E-state index >= 15 is 0 Å². The van der Waals surface area contributed by atoms with E-state index in [4.69, 9.17) is 0 Å². The number of nitriles is 1. The SMILES string of the molecule is CCc1ncccc1[C@H](C)N1CCN(c2cn[nH]c(=O)c2C#N)[C@H](C)C1. The zero-order valence-electron chi connectivity index (χ0n) is 15.4. The van der Waals surface area contributed by atoms with Crippen molar-refractivity contribution in [2.75, 3.05) is 24.5 Å². The lowest BCUT2D eigenvalue weighted by atomic mass is 10.0. The Balaban J connectivity index is 1.80. The maximum Gasteiger partial charge on any atom is 0.284 e. The summed E-state index contributed by atoms with van der Waals surface area (Å²) in [7, 11) is 0. The normalized spacial score (nSPS) is 19.2. The highest BCUT2D eigenvalue weighted by atomic mass is 16.1. The van der Waals surface area contributed by atoms with Crippen molar-refractivity contribution in [1.29, 1.82) is 5.26 Å². The van der Waals surface area contributed by atoms with Crippen molar-refractivity contribution < 1.29 is 0 Å². The second-order valence-electron chi connectivity index (χ2n) is 6.68. The Kier molecular flexibility index (Phi) is 5.33. The minimum atomic E-state index is -0.434. The first-order valence-corrected chi connectivity index (χ1v) is 8.99. The van der Waals surface area contributed by atoms with Crippen LogP contribution < -0.4 is 10.5 Å². The predicted molar refractivity (Wildman–Crippen MR) is 100.0 cm³/mol. The molecule has 26 heavy (non-hydrogen) atoms. The number of anilines is 1. The van der Waals surface area contributed by atoms with Gasteiger partial charge in [-0.25, -0.2) is 5.10 Å². The third-order valence-corrected chi connectivity index (χ3v) is 5.17. The van der Waals surface area contributed by atoms with E-state index in [1.807, 2.05) is 18.3 Å². The Morgan fingerprint density at radius 2 is 2.27 bits per heavy atom. The van der Waals surface area contributed by atoms with Crippen LogP contribution in [0.15, 0.2) is 29.3 Å². The average molecular weight is 352 g/mol.